The zero-order valence-corrected chi connectivity index (χ0v) is 33.3. The standard InChI is InChI=1S/C55H35N7/c56-36-49-45(31-18-32-47(49)46-29-16-17-30-48(46)55-61-52(40-25-12-4-13-26-40)58-53(62-55)41-27-14-5-15-28-41)43-33-42(37-19-6-1-7-20-37)34-44(35-43)54-59-50(38-21-8-2-9-22-38)57-51(60-54)39-23-10-3-11-24-39/h1-35H. The molecule has 0 saturated carbocycles. The summed E-state index contributed by atoms with van der Waals surface area (Å²) in [5, 5.41) is 11.1. The molecule has 0 aliphatic heterocycles. The fourth-order valence-electron chi connectivity index (χ4n) is 7.63. The molecule has 8 aromatic carbocycles. The van der Waals surface area contributed by atoms with Gasteiger partial charge in [0, 0.05) is 44.5 Å². The Bertz CT molecular complexity index is 3110. The van der Waals surface area contributed by atoms with E-state index in [-0.39, 0.29) is 0 Å². The van der Waals surface area contributed by atoms with Gasteiger partial charge in [-0.05, 0) is 40.5 Å². The van der Waals surface area contributed by atoms with Crippen molar-refractivity contribution >= 4 is 0 Å². The van der Waals surface area contributed by atoms with Crippen LogP contribution in [0.1, 0.15) is 5.56 Å². The molecule has 0 unspecified atom stereocenters. The van der Waals surface area contributed by atoms with E-state index in [0.717, 1.165) is 66.8 Å². The van der Waals surface area contributed by atoms with E-state index in [0.29, 0.717) is 40.5 Å². The fourth-order valence-corrected chi connectivity index (χ4v) is 7.63. The van der Waals surface area contributed by atoms with E-state index in [1.54, 1.807) is 0 Å². The Kier molecular flexibility index (Phi) is 10.2. The Balaban J connectivity index is 1.16. The van der Waals surface area contributed by atoms with Gasteiger partial charge < -0.3 is 0 Å². The molecule has 7 heteroatoms. The number of rotatable bonds is 9. The smallest absolute Gasteiger partial charge is 0.164 e. The zero-order chi connectivity index (χ0) is 41.7. The van der Waals surface area contributed by atoms with Crippen molar-refractivity contribution in [1.29, 1.82) is 5.26 Å². The van der Waals surface area contributed by atoms with Crippen LogP contribution in [0.25, 0.3) is 102 Å². The van der Waals surface area contributed by atoms with Crippen molar-refractivity contribution in [3.8, 4) is 108 Å². The van der Waals surface area contributed by atoms with E-state index in [1.807, 2.05) is 182 Å². The van der Waals surface area contributed by atoms with Crippen LogP contribution in [0.5, 0.6) is 0 Å². The minimum absolute atomic E-state index is 0.509. The molecule has 2 heterocycles. The summed E-state index contributed by atoms with van der Waals surface area (Å²) in [6.07, 6.45) is 0. The summed E-state index contributed by atoms with van der Waals surface area (Å²) in [6.45, 7) is 0. The van der Waals surface area contributed by atoms with Crippen LogP contribution >= 0.6 is 0 Å². The Labute approximate surface area is 359 Å². The van der Waals surface area contributed by atoms with Gasteiger partial charge in [0.15, 0.2) is 34.9 Å². The second kappa shape index (κ2) is 16.9. The Morgan fingerprint density at radius 3 is 1.02 bits per heavy atom. The van der Waals surface area contributed by atoms with Crippen molar-refractivity contribution in [2.75, 3.05) is 0 Å². The van der Waals surface area contributed by atoms with Gasteiger partial charge in [-0.3, -0.25) is 0 Å². The van der Waals surface area contributed by atoms with Crippen LogP contribution in [0.4, 0.5) is 0 Å². The largest absolute Gasteiger partial charge is 0.208 e. The summed E-state index contributed by atoms with van der Waals surface area (Å²) in [6, 6.07) is 72.8. The maximum absolute atomic E-state index is 11.1. The molecule has 10 aromatic rings. The summed E-state index contributed by atoms with van der Waals surface area (Å²) in [4.78, 5) is 30.1. The molecular weight excluding hydrogens is 759 g/mol. The fraction of sp³-hybridized carbons (Fsp3) is 0. The number of aromatic nitrogens is 6. The average molecular weight is 794 g/mol. The molecule has 290 valence electrons. The second-order valence-corrected chi connectivity index (χ2v) is 14.6. The highest BCUT2D eigenvalue weighted by atomic mass is 15.0. The number of benzene rings is 8. The molecule has 0 aliphatic rings. The van der Waals surface area contributed by atoms with Gasteiger partial charge in [-0.25, -0.2) is 29.9 Å². The molecule has 0 bridgehead atoms. The lowest BCUT2D eigenvalue weighted by atomic mass is 9.88. The number of hydrogen-bond donors (Lipinski definition) is 0. The summed E-state index contributed by atoms with van der Waals surface area (Å²) < 4.78 is 0. The van der Waals surface area contributed by atoms with Crippen LogP contribution in [0.15, 0.2) is 212 Å². The van der Waals surface area contributed by atoms with Crippen LogP contribution in [0.2, 0.25) is 0 Å². The molecule has 0 fully saturated rings. The van der Waals surface area contributed by atoms with Gasteiger partial charge in [0.05, 0.1) is 5.56 Å². The maximum Gasteiger partial charge on any atom is 0.164 e. The summed E-state index contributed by atoms with van der Waals surface area (Å²) in [7, 11) is 0. The minimum atomic E-state index is 0.509. The topological polar surface area (TPSA) is 101 Å². The molecule has 0 spiro atoms. The first-order valence-electron chi connectivity index (χ1n) is 20.3. The Morgan fingerprint density at radius 1 is 0.242 bits per heavy atom. The maximum atomic E-state index is 11.1. The molecule has 0 saturated heterocycles. The second-order valence-electron chi connectivity index (χ2n) is 14.6. The van der Waals surface area contributed by atoms with Gasteiger partial charge >= 0.3 is 0 Å². The molecule has 0 N–H and O–H groups in total. The molecule has 7 nitrogen and oxygen atoms in total. The van der Waals surface area contributed by atoms with E-state index in [2.05, 4.69) is 36.4 Å². The third-order valence-corrected chi connectivity index (χ3v) is 10.6. The highest BCUT2D eigenvalue weighted by Crippen LogP contribution is 2.40. The normalized spacial score (nSPS) is 10.9. The van der Waals surface area contributed by atoms with Crippen molar-refractivity contribution in [1.82, 2.24) is 29.9 Å². The molecular formula is C55H35N7. The molecule has 0 radical (unpaired) electrons. The monoisotopic (exact) mass is 793 g/mol. The molecule has 0 atom stereocenters. The quantitative estimate of drug-likeness (QED) is 0.143. The summed E-state index contributed by atoms with van der Waals surface area (Å²) >= 11 is 0. The number of nitriles is 1. The van der Waals surface area contributed by atoms with Crippen molar-refractivity contribution in [3.63, 3.8) is 0 Å². The van der Waals surface area contributed by atoms with Gasteiger partial charge in [0.25, 0.3) is 0 Å². The number of hydrogen-bond acceptors (Lipinski definition) is 7. The van der Waals surface area contributed by atoms with E-state index >= 15 is 0 Å². The zero-order valence-electron chi connectivity index (χ0n) is 33.3. The van der Waals surface area contributed by atoms with Gasteiger partial charge in [-0.15, -0.1) is 0 Å². The van der Waals surface area contributed by atoms with E-state index in [9.17, 15) is 5.26 Å². The molecule has 62 heavy (non-hydrogen) atoms. The molecule has 0 amide bonds. The Hall–Kier alpha value is -8.73. The van der Waals surface area contributed by atoms with Crippen LogP contribution in [-0.2, 0) is 0 Å². The molecule has 10 rings (SSSR count). The predicted molar refractivity (Wildman–Crippen MR) is 247 cm³/mol. The van der Waals surface area contributed by atoms with Gasteiger partial charge in [0.2, 0.25) is 0 Å². The van der Waals surface area contributed by atoms with Crippen molar-refractivity contribution in [3.05, 3.63) is 218 Å². The molecule has 2 aromatic heterocycles. The first-order valence-corrected chi connectivity index (χ1v) is 20.3. The van der Waals surface area contributed by atoms with E-state index in [1.165, 1.54) is 0 Å². The van der Waals surface area contributed by atoms with Crippen LogP contribution in [0.3, 0.4) is 0 Å². The van der Waals surface area contributed by atoms with Crippen LogP contribution in [-0.4, -0.2) is 29.9 Å². The predicted octanol–water partition coefficient (Wildman–Crippen LogP) is 12.9. The Morgan fingerprint density at radius 2 is 0.565 bits per heavy atom. The minimum Gasteiger partial charge on any atom is -0.208 e. The summed E-state index contributed by atoms with van der Waals surface area (Å²) in [5.41, 5.74) is 10.8. The van der Waals surface area contributed by atoms with Gasteiger partial charge in [-0.1, -0.05) is 194 Å². The van der Waals surface area contributed by atoms with Crippen LogP contribution < -0.4 is 0 Å². The lowest BCUT2D eigenvalue weighted by molar-refractivity contribution is 1.07. The highest BCUT2D eigenvalue weighted by molar-refractivity contribution is 5.91. The van der Waals surface area contributed by atoms with Crippen molar-refractivity contribution in [2.24, 2.45) is 0 Å². The van der Waals surface area contributed by atoms with Crippen LogP contribution in [0, 0.1) is 11.3 Å². The SMILES string of the molecule is N#Cc1c(-c2cc(-c3ccccc3)cc(-c3nc(-c4ccccc4)nc(-c4ccccc4)n3)c2)cccc1-c1ccccc1-c1nc(-c2ccccc2)nc(-c2ccccc2)n1. The third kappa shape index (κ3) is 7.63. The lowest BCUT2D eigenvalue weighted by Crippen LogP contribution is -2.01. The van der Waals surface area contributed by atoms with E-state index < -0.39 is 0 Å². The summed E-state index contributed by atoms with van der Waals surface area (Å²) in [5.74, 6) is 3.30. The average Bonchev–Trinajstić information content (AvgIpc) is 3.37. The highest BCUT2D eigenvalue weighted by Gasteiger charge is 2.21. The first-order chi connectivity index (χ1) is 30.7. The lowest BCUT2D eigenvalue weighted by Gasteiger charge is -2.16. The van der Waals surface area contributed by atoms with Crippen molar-refractivity contribution in [2.45, 2.75) is 0 Å². The van der Waals surface area contributed by atoms with E-state index in [4.69, 9.17) is 29.9 Å². The molecule has 0 aliphatic carbocycles. The van der Waals surface area contributed by atoms with Gasteiger partial charge in [0.1, 0.15) is 6.07 Å². The van der Waals surface area contributed by atoms with Crippen molar-refractivity contribution < 1.29 is 0 Å². The third-order valence-electron chi connectivity index (χ3n) is 10.6. The van der Waals surface area contributed by atoms with Gasteiger partial charge in [-0.2, -0.15) is 5.26 Å². The first kappa shape index (κ1) is 37.5. The number of nitrogens with zero attached hydrogens (tertiary/aromatic N) is 7.